The SMILES string of the molecule is S=C1C=C2SCCCC2C(=S)N1. The van der Waals surface area contributed by atoms with Crippen molar-refractivity contribution in [3.8, 4) is 0 Å². The van der Waals surface area contributed by atoms with Gasteiger partial charge in [-0.2, -0.15) is 0 Å². The van der Waals surface area contributed by atoms with E-state index in [1.54, 1.807) is 0 Å². The van der Waals surface area contributed by atoms with E-state index in [0.717, 1.165) is 9.98 Å². The molecule has 1 nitrogen and oxygen atoms in total. The van der Waals surface area contributed by atoms with Gasteiger partial charge in [0.05, 0.1) is 4.99 Å². The van der Waals surface area contributed by atoms with Gasteiger partial charge in [-0.3, -0.25) is 0 Å². The largest absolute Gasteiger partial charge is 0.341 e. The molecule has 0 aromatic heterocycles. The maximum atomic E-state index is 5.23. The van der Waals surface area contributed by atoms with Crippen LogP contribution in [0.3, 0.4) is 0 Å². The molecule has 2 rings (SSSR count). The minimum atomic E-state index is 0.463. The maximum Gasteiger partial charge on any atom is 0.104 e. The maximum absolute atomic E-state index is 5.23. The van der Waals surface area contributed by atoms with Gasteiger partial charge in [-0.05, 0) is 29.6 Å². The molecule has 2 aliphatic heterocycles. The molecule has 0 spiro atoms. The Kier molecular flexibility index (Phi) is 2.48. The average molecular weight is 215 g/mol. The number of hydrogen-bond donors (Lipinski definition) is 1. The molecule has 1 N–H and O–H groups in total. The molecule has 1 saturated heterocycles. The van der Waals surface area contributed by atoms with Crippen molar-refractivity contribution in [3.63, 3.8) is 0 Å². The molecular weight excluding hydrogens is 206 g/mol. The van der Waals surface area contributed by atoms with E-state index in [9.17, 15) is 0 Å². The second kappa shape index (κ2) is 3.44. The standard InChI is InChI=1S/C8H9NS3/c10-7-4-6-5(8(11)9-7)2-1-3-12-6/h4-5H,1-3H2,(H,9,10,11). The summed E-state index contributed by atoms with van der Waals surface area (Å²) < 4.78 is 0. The van der Waals surface area contributed by atoms with Gasteiger partial charge in [0, 0.05) is 5.92 Å². The van der Waals surface area contributed by atoms with Gasteiger partial charge in [0.25, 0.3) is 0 Å². The molecule has 12 heavy (non-hydrogen) atoms. The summed E-state index contributed by atoms with van der Waals surface area (Å²) in [4.78, 5) is 3.07. The van der Waals surface area contributed by atoms with Crippen LogP contribution in [0.15, 0.2) is 11.0 Å². The molecule has 0 amide bonds. The smallest absolute Gasteiger partial charge is 0.104 e. The van der Waals surface area contributed by atoms with Crippen LogP contribution in [0.2, 0.25) is 0 Å². The molecule has 1 unspecified atom stereocenters. The Bertz CT molecular complexity index is 269. The summed E-state index contributed by atoms with van der Waals surface area (Å²) in [7, 11) is 0. The Balaban J connectivity index is 2.28. The van der Waals surface area contributed by atoms with E-state index in [1.165, 1.54) is 23.5 Å². The molecule has 0 radical (unpaired) electrons. The zero-order chi connectivity index (χ0) is 8.55. The zero-order valence-electron chi connectivity index (χ0n) is 6.50. The minimum Gasteiger partial charge on any atom is -0.341 e. The van der Waals surface area contributed by atoms with Crippen LogP contribution in [0.5, 0.6) is 0 Å². The molecule has 1 atom stereocenters. The van der Waals surface area contributed by atoms with Crippen LogP contribution in [0.25, 0.3) is 0 Å². The summed E-state index contributed by atoms with van der Waals surface area (Å²) in [6.45, 7) is 0. The average Bonchev–Trinajstić information content (AvgIpc) is 2.04. The lowest BCUT2D eigenvalue weighted by molar-refractivity contribution is 0.698. The van der Waals surface area contributed by atoms with Gasteiger partial charge in [-0.25, -0.2) is 0 Å². The molecule has 0 aromatic rings. The molecule has 0 aromatic carbocycles. The van der Waals surface area contributed by atoms with E-state index in [-0.39, 0.29) is 0 Å². The van der Waals surface area contributed by atoms with E-state index in [4.69, 9.17) is 24.4 Å². The molecule has 2 aliphatic rings. The lowest BCUT2D eigenvalue weighted by atomic mass is 10.00. The van der Waals surface area contributed by atoms with Gasteiger partial charge in [0.1, 0.15) is 4.99 Å². The van der Waals surface area contributed by atoms with Gasteiger partial charge in [-0.1, -0.05) is 24.4 Å². The number of fused-ring (bicyclic) bond motifs is 1. The number of thiocarbonyl (C=S) groups is 2. The lowest BCUT2D eigenvalue weighted by Crippen LogP contribution is -2.38. The Morgan fingerprint density at radius 1 is 1.50 bits per heavy atom. The molecule has 2 heterocycles. The summed E-state index contributed by atoms with van der Waals surface area (Å²) >= 11 is 12.2. The van der Waals surface area contributed by atoms with Crippen molar-refractivity contribution in [2.75, 3.05) is 5.75 Å². The number of thioether (sulfide) groups is 1. The number of nitrogens with one attached hydrogen (secondary N) is 1. The Hall–Kier alpha value is 0.0700. The highest BCUT2D eigenvalue weighted by Gasteiger charge is 2.27. The normalized spacial score (nSPS) is 29.0. The van der Waals surface area contributed by atoms with Gasteiger partial charge < -0.3 is 5.32 Å². The van der Waals surface area contributed by atoms with E-state index in [1.807, 2.05) is 11.8 Å². The van der Waals surface area contributed by atoms with E-state index >= 15 is 0 Å². The van der Waals surface area contributed by atoms with Crippen LogP contribution in [0, 0.1) is 5.92 Å². The first-order valence-corrected chi connectivity index (χ1v) is 5.77. The first-order chi connectivity index (χ1) is 5.77. The first kappa shape index (κ1) is 8.66. The molecular formula is C8H9NS3. The van der Waals surface area contributed by atoms with Gasteiger partial charge in [0.2, 0.25) is 0 Å². The number of hydrogen-bond acceptors (Lipinski definition) is 3. The predicted molar refractivity (Wildman–Crippen MR) is 61.6 cm³/mol. The van der Waals surface area contributed by atoms with Crippen molar-refractivity contribution in [1.29, 1.82) is 0 Å². The van der Waals surface area contributed by atoms with E-state index in [0.29, 0.717) is 5.92 Å². The van der Waals surface area contributed by atoms with Gasteiger partial charge >= 0.3 is 0 Å². The fraction of sp³-hybridized carbons (Fsp3) is 0.500. The Labute approximate surface area is 87.0 Å². The molecule has 0 bridgehead atoms. The molecule has 64 valence electrons. The monoisotopic (exact) mass is 215 g/mol. The molecule has 1 fully saturated rings. The van der Waals surface area contributed by atoms with Gasteiger partial charge in [0.15, 0.2) is 0 Å². The third-order valence-electron chi connectivity index (χ3n) is 2.09. The molecule has 4 heteroatoms. The highest BCUT2D eigenvalue weighted by molar-refractivity contribution is 8.03. The van der Waals surface area contributed by atoms with Crippen LogP contribution in [0.1, 0.15) is 12.8 Å². The van der Waals surface area contributed by atoms with Crippen molar-refractivity contribution in [2.45, 2.75) is 12.8 Å². The number of rotatable bonds is 0. The van der Waals surface area contributed by atoms with Crippen molar-refractivity contribution < 1.29 is 0 Å². The summed E-state index contributed by atoms with van der Waals surface area (Å²) in [6, 6.07) is 0. The van der Waals surface area contributed by atoms with Crippen LogP contribution in [-0.2, 0) is 0 Å². The fourth-order valence-electron chi connectivity index (χ4n) is 1.50. The third kappa shape index (κ3) is 1.56. The third-order valence-corrected chi connectivity index (χ3v) is 3.92. The Morgan fingerprint density at radius 2 is 2.33 bits per heavy atom. The molecule has 0 aliphatic carbocycles. The predicted octanol–water partition coefficient (Wildman–Crippen LogP) is 2.27. The Morgan fingerprint density at radius 3 is 3.17 bits per heavy atom. The highest BCUT2D eigenvalue weighted by Crippen LogP contribution is 2.36. The van der Waals surface area contributed by atoms with Gasteiger partial charge in [-0.15, -0.1) is 11.8 Å². The second-order valence-corrected chi connectivity index (χ2v) is 4.99. The van der Waals surface area contributed by atoms with Crippen LogP contribution in [-0.4, -0.2) is 15.7 Å². The summed E-state index contributed by atoms with van der Waals surface area (Å²) in [6.07, 6.45) is 4.51. The molecule has 0 saturated carbocycles. The van der Waals surface area contributed by atoms with Crippen LogP contribution < -0.4 is 5.32 Å². The topological polar surface area (TPSA) is 12.0 Å². The van der Waals surface area contributed by atoms with Crippen molar-refractivity contribution >= 4 is 46.2 Å². The van der Waals surface area contributed by atoms with Crippen LogP contribution >= 0.6 is 36.2 Å². The zero-order valence-corrected chi connectivity index (χ0v) is 8.95. The van der Waals surface area contributed by atoms with Crippen molar-refractivity contribution in [1.82, 2.24) is 5.32 Å². The van der Waals surface area contributed by atoms with E-state index < -0.39 is 0 Å². The minimum absolute atomic E-state index is 0.463. The second-order valence-electron chi connectivity index (χ2n) is 2.94. The van der Waals surface area contributed by atoms with Crippen molar-refractivity contribution in [3.05, 3.63) is 11.0 Å². The lowest BCUT2D eigenvalue weighted by Gasteiger charge is -2.29. The summed E-state index contributed by atoms with van der Waals surface area (Å²) in [5, 5.41) is 3.05. The summed E-state index contributed by atoms with van der Waals surface area (Å²) in [5.74, 6) is 1.68. The van der Waals surface area contributed by atoms with Crippen LogP contribution in [0.4, 0.5) is 0 Å². The first-order valence-electron chi connectivity index (χ1n) is 3.96. The fourth-order valence-corrected chi connectivity index (χ4v) is 3.49. The highest BCUT2D eigenvalue weighted by atomic mass is 32.2. The summed E-state index contributed by atoms with van der Waals surface area (Å²) in [5.41, 5.74) is 0. The van der Waals surface area contributed by atoms with Crippen molar-refractivity contribution in [2.24, 2.45) is 5.92 Å². The quantitative estimate of drug-likeness (QED) is 0.622. The van der Waals surface area contributed by atoms with E-state index in [2.05, 4.69) is 11.4 Å².